The lowest BCUT2D eigenvalue weighted by molar-refractivity contribution is 0.0658. The van der Waals surface area contributed by atoms with Gasteiger partial charge in [0.1, 0.15) is 5.82 Å². The highest BCUT2D eigenvalue weighted by molar-refractivity contribution is 5.39. The first kappa shape index (κ1) is 13.1. The number of hydrogen-bond donors (Lipinski definition) is 2. The second-order valence-corrected chi connectivity index (χ2v) is 4.50. The Morgan fingerprint density at radius 2 is 2.17 bits per heavy atom. The molecule has 0 atom stereocenters. The lowest BCUT2D eigenvalue weighted by Gasteiger charge is -2.12. The monoisotopic (exact) mass is 250 g/mol. The first-order chi connectivity index (χ1) is 8.88. The summed E-state index contributed by atoms with van der Waals surface area (Å²) in [6, 6.07) is 1.87. The van der Waals surface area contributed by atoms with Crippen LogP contribution in [0.3, 0.4) is 0 Å². The summed E-state index contributed by atoms with van der Waals surface area (Å²) < 4.78 is 5.78. The van der Waals surface area contributed by atoms with Crippen molar-refractivity contribution in [3.63, 3.8) is 0 Å². The number of nitrogens with zero attached hydrogens (tertiary/aromatic N) is 2. The standard InChI is InChI=1S/C13H22N4O/c1-2-14-13-16-8-7-12(17-13)15-9-10-18-11-5-3-4-6-11/h7-8,11H,2-6,9-10H2,1H3,(H2,14,15,16,17). The van der Waals surface area contributed by atoms with Crippen molar-refractivity contribution in [2.45, 2.75) is 38.7 Å². The predicted molar refractivity (Wildman–Crippen MR) is 72.9 cm³/mol. The van der Waals surface area contributed by atoms with E-state index in [2.05, 4.69) is 20.6 Å². The van der Waals surface area contributed by atoms with Gasteiger partial charge in [-0.1, -0.05) is 12.8 Å². The molecule has 1 heterocycles. The van der Waals surface area contributed by atoms with Gasteiger partial charge in [0.15, 0.2) is 0 Å². The van der Waals surface area contributed by atoms with E-state index in [4.69, 9.17) is 4.74 Å². The zero-order valence-electron chi connectivity index (χ0n) is 11.0. The number of rotatable bonds is 7. The van der Waals surface area contributed by atoms with E-state index in [9.17, 15) is 0 Å². The van der Waals surface area contributed by atoms with E-state index < -0.39 is 0 Å². The van der Waals surface area contributed by atoms with Gasteiger partial charge in [-0.2, -0.15) is 4.98 Å². The second-order valence-electron chi connectivity index (χ2n) is 4.50. The summed E-state index contributed by atoms with van der Waals surface area (Å²) in [7, 11) is 0. The zero-order valence-corrected chi connectivity index (χ0v) is 11.0. The Bertz CT molecular complexity index is 353. The molecule has 1 aliphatic carbocycles. The minimum atomic E-state index is 0.481. The van der Waals surface area contributed by atoms with Gasteiger partial charge in [0.25, 0.3) is 0 Å². The highest BCUT2D eigenvalue weighted by Gasteiger charge is 2.14. The van der Waals surface area contributed by atoms with Crippen LogP contribution in [0.4, 0.5) is 11.8 Å². The van der Waals surface area contributed by atoms with E-state index in [0.717, 1.165) is 25.5 Å². The van der Waals surface area contributed by atoms with Gasteiger partial charge in [0.05, 0.1) is 12.7 Å². The SMILES string of the molecule is CCNc1nccc(NCCOC2CCCC2)n1. The van der Waals surface area contributed by atoms with E-state index in [1.165, 1.54) is 25.7 Å². The Hall–Kier alpha value is -1.36. The van der Waals surface area contributed by atoms with Crippen molar-refractivity contribution >= 4 is 11.8 Å². The van der Waals surface area contributed by atoms with Gasteiger partial charge in [0.2, 0.25) is 5.95 Å². The van der Waals surface area contributed by atoms with Gasteiger partial charge in [-0.3, -0.25) is 0 Å². The number of ether oxygens (including phenoxy) is 1. The molecule has 0 unspecified atom stereocenters. The van der Waals surface area contributed by atoms with E-state index >= 15 is 0 Å². The molecule has 5 nitrogen and oxygen atoms in total. The third-order valence-corrected chi connectivity index (χ3v) is 3.05. The molecule has 2 N–H and O–H groups in total. The molecule has 0 saturated heterocycles. The van der Waals surface area contributed by atoms with Gasteiger partial charge in [-0.25, -0.2) is 4.98 Å². The smallest absolute Gasteiger partial charge is 0.224 e. The van der Waals surface area contributed by atoms with E-state index in [1.54, 1.807) is 6.20 Å². The van der Waals surface area contributed by atoms with Crippen molar-refractivity contribution in [2.24, 2.45) is 0 Å². The maximum absolute atomic E-state index is 5.78. The van der Waals surface area contributed by atoms with Crippen LogP contribution < -0.4 is 10.6 Å². The minimum absolute atomic E-state index is 0.481. The average Bonchev–Trinajstić information content (AvgIpc) is 2.89. The largest absolute Gasteiger partial charge is 0.376 e. The zero-order chi connectivity index (χ0) is 12.6. The third-order valence-electron chi connectivity index (χ3n) is 3.05. The van der Waals surface area contributed by atoms with Gasteiger partial charge in [-0.15, -0.1) is 0 Å². The normalized spacial score (nSPS) is 15.8. The van der Waals surface area contributed by atoms with Crippen LogP contribution in [0.15, 0.2) is 12.3 Å². The summed E-state index contributed by atoms with van der Waals surface area (Å²) in [5.41, 5.74) is 0. The summed E-state index contributed by atoms with van der Waals surface area (Å²) in [6.45, 7) is 4.39. The van der Waals surface area contributed by atoms with Crippen molar-refractivity contribution in [2.75, 3.05) is 30.3 Å². The molecule has 0 spiro atoms. The highest BCUT2D eigenvalue weighted by atomic mass is 16.5. The molecule has 0 aliphatic heterocycles. The first-order valence-corrected chi connectivity index (χ1v) is 6.81. The maximum Gasteiger partial charge on any atom is 0.224 e. The average molecular weight is 250 g/mol. The van der Waals surface area contributed by atoms with Crippen LogP contribution in [0.2, 0.25) is 0 Å². The lowest BCUT2D eigenvalue weighted by atomic mass is 10.3. The summed E-state index contributed by atoms with van der Waals surface area (Å²) >= 11 is 0. The van der Waals surface area contributed by atoms with Crippen molar-refractivity contribution in [3.8, 4) is 0 Å². The Balaban J connectivity index is 1.67. The molecule has 0 aromatic carbocycles. The molecule has 5 heteroatoms. The second kappa shape index (κ2) is 7.16. The van der Waals surface area contributed by atoms with E-state index in [-0.39, 0.29) is 0 Å². The molecule has 1 aliphatic rings. The fourth-order valence-electron chi connectivity index (χ4n) is 2.16. The van der Waals surface area contributed by atoms with Crippen molar-refractivity contribution in [3.05, 3.63) is 12.3 Å². The van der Waals surface area contributed by atoms with Crippen LogP contribution in [0.5, 0.6) is 0 Å². The van der Waals surface area contributed by atoms with Gasteiger partial charge < -0.3 is 15.4 Å². The van der Waals surface area contributed by atoms with Gasteiger partial charge >= 0.3 is 0 Å². The molecule has 1 fully saturated rings. The number of anilines is 2. The molecule has 2 rings (SSSR count). The maximum atomic E-state index is 5.78. The molecular weight excluding hydrogens is 228 g/mol. The topological polar surface area (TPSA) is 59.1 Å². The van der Waals surface area contributed by atoms with Gasteiger partial charge in [0, 0.05) is 19.3 Å². The first-order valence-electron chi connectivity index (χ1n) is 6.81. The molecule has 0 bridgehead atoms. The molecule has 1 aromatic rings. The lowest BCUT2D eigenvalue weighted by Crippen LogP contribution is -2.16. The fraction of sp³-hybridized carbons (Fsp3) is 0.692. The summed E-state index contributed by atoms with van der Waals surface area (Å²) in [5, 5.41) is 6.34. The van der Waals surface area contributed by atoms with Crippen LogP contribution in [0.1, 0.15) is 32.6 Å². The van der Waals surface area contributed by atoms with Crippen LogP contribution >= 0.6 is 0 Å². The fourth-order valence-corrected chi connectivity index (χ4v) is 2.16. The molecule has 0 amide bonds. The van der Waals surface area contributed by atoms with Crippen LogP contribution in [-0.4, -0.2) is 35.8 Å². The van der Waals surface area contributed by atoms with Crippen LogP contribution in [0, 0.1) is 0 Å². The van der Waals surface area contributed by atoms with Crippen molar-refractivity contribution in [1.82, 2.24) is 9.97 Å². The predicted octanol–water partition coefficient (Wildman–Crippen LogP) is 2.28. The summed E-state index contributed by atoms with van der Waals surface area (Å²) in [4.78, 5) is 8.47. The van der Waals surface area contributed by atoms with Crippen molar-refractivity contribution < 1.29 is 4.74 Å². The quantitative estimate of drug-likeness (QED) is 0.727. The molecule has 100 valence electrons. The van der Waals surface area contributed by atoms with Crippen LogP contribution in [-0.2, 0) is 4.74 Å². The molecule has 1 saturated carbocycles. The number of aromatic nitrogens is 2. The summed E-state index contributed by atoms with van der Waals surface area (Å²) in [6.07, 6.45) is 7.31. The molecule has 18 heavy (non-hydrogen) atoms. The van der Waals surface area contributed by atoms with Crippen molar-refractivity contribution in [1.29, 1.82) is 0 Å². The molecule has 0 radical (unpaired) electrons. The van der Waals surface area contributed by atoms with E-state index in [1.807, 2.05) is 13.0 Å². The molecule has 1 aromatic heterocycles. The molecular formula is C13H22N4O. The summed E-state index contributed by atoms with van der Waals surface area (Å²) in [5.74, 6) is 1.51. The Morgan fingerprint density at radius 1 is 1.33 bits per heavy atom. The Kier molecular flexibility index (Phi) is 5.20. The number of hydrogen-bond acceptors (Lipinski definition) is 5. The number of nitrogens with one attached hydrogen (secondary N) is 2. The third kappa shape index (κ3) is 4.14. The van der Waals surface area contributed by atoms with Crippen LogP contribution in [0.25, 0.3) is 0 Å². The van der Waals surface area contributed by atoms with E-state index in [0.29, 0.717) is 12.1 Å². The van der Waals surface area contributed by atoms with Gasteiger partial charge in [-0.05, 0) is 25.8 Å². The Morgan fingerprint density at radius 3 is 2.94 bits per heavy atom. The minimum Gasteiger partial charge on any atom is -0.376 e. The Labute approximate surface area is 108 Å². The highest BCUT2D eigenvalue weighted by Crippen LogP contribution is 2.20.